The van der Waals surface area contributed by atoms with Crippen molar-refractivity contribution < 1.29 is 185 Å². The van der Waals surface area contributed by atoms with E-state index in [9.17, 15) is 157 Å². The number of aliphatic carboxylic acids is 1. The van der Waals surface area contributed by atoms with Gasteiger partial charge in [0.05, 0.1) is 90.9 Å². The van der Waals surface area contributed by atoms with E-state index in [1.54, 1.807) is 6.92 Å². The third-order valence-electron chi connectivity index (χ3n) is 17.3. The Balaban J connectivity index is 1.60. The molecular weight excluding hydrogens is 1620 g/mol. The first-order valence-electron chi connectivity index (χ1n) is 36.3. The van der Waals surface area contributed by atoms with E-state index in [4.69, 9.17) is 39.5 Å². The van der Waals surface area contributed by atoms with E-state index in [-0.39, 0.29) is 26.0 Å². The molecule has 54 nitrogen and oxygen atoms in total. The zero-order valence-corrected chi connectivity index (χ0v) is 64.8. The number of phosphoric ester groups is 1. The van der Waals surface area contributed by atoms with Crippen LogP contribution in [0.3, 0.4) is 0 Å². The van der Waals surface area contributed by atoms with Crippen molar-refractivity contribution in [2.75, 3.05) is 85.6 Å². The number of amides is 16. The van der Waals surface area contributed by atoms with Gasteiger partial charge in [-0.15, -0.1) is 0 Å². The Bertz CT molecular complexity index is 3520. The third-order valence-corrected chi connectivity index (χ3v) is 18.3. The number of phosphoric acid groups is 1. The van der Waals surface area contributed by atoms with Gasteiger partial charge in [-0.25, -0.2) is 4.57 Å². The molecule has 118 heavy (non-hydrogen) atoms. The van der Waals surface area contributed by atoms with Gasteiger partial charge < -0.3 is 176 Å². The number of carboxylic acid groups (broad SMARTS) is 1. The van der Waals surface area contributed by atoms with Crippen LogP contribution in [0.2, 0.25) is 0 Å². The van der Waals surface area contributed by atoms with Gasteiger partial charge in [0.15, 0.2) is 12.6 Å². The quantitative estimate of drug-likeness (QED) is 0.0199. The molecule has 16 amide bonds. The second kappa shape index (κ2) is 50.4. The van der Waals surface area contributed by atoms with E-state index in [0.717, 1.165) is 25.7 Å². The van der Waals surface area contributed by atoms with Gasteiger partial charge in [0.1, 0.15) is 109 Å². The topological polar surface area (TPSA) is 858 Å². The molecule has 0 aromatic heterocycles. The van der Waals surface area contributed by atoms with Gasteiger partial charge in [-0.1, -0.05) is 6.92 Å². The van der Waals surface area contributed by atoms with Gasteiger partial charge in [0.25, 0.3) is 0 Å². The minimum absolute atomic E-state index is 0.0362. The SMILES string of the molecule is CCCO[C@H]1O[C@H](CO)[C@@H](O)[C@H](O)[C@@H]1O[C@H]1O[C@H](COP(=O)(O)OCCNC(=O)CNC(=O)[C@H](CO)NC(=O)[C@@H]2CCCN2C(=O)[C@H](CO)NC(=O)[C@H](CO)NC(=O)[C@@H](NC(=O)[C@H](CCC(N)=O)NC(=O)[C@H](CO)NC(=O)[C@@H](NC(=O)[C@H](CC(=O)O)NC(=O)[C@H](CC(N)=O)NC(=O)CNC(=O)CNC(C)=O)[C@@H](C)O)[C@@H](C)O)[C@@H](O)[C@H](O)[C@@H]1O. The number of hydrogen-bond donors (Lipinski definition) is 29. The number of carbonyl (C=O) groups is 17. The molecule has 3 aliphatic rings. The number of likely N-dealkylation sites (tertiary alicyclic amines) is 1. The number of nitrogens with zero attached hydrogens (tertiary/aromatic N) is 1. The van der Waals surface area contributed by atoms with Gasteiger partial charge >= 0.3 is 13.8 Å². The summed E-state index contributed by atoms with van der Waals surface area (Å²) < 4.78 is 44.6. The Morgan fingerprint density at radius 3 is 1.53 bits per heavy atom. The lowest BCUT2D eigenvalue weighted by Gasteiger charge is -2.46. The molecule has 3 aliphatic heterocycles. The molecule has 0 saturated carbocycles. The standard InChI is InChI=1S/C63H105N16O38P/c1-5-12-112-63-51(49(98)46(95)36(23-84)115-63)117-62-50(99)48(97)47(96)37(116-62)24-114-118(110,111)113-13-10-66-40(90)17-69-52(100)31(19-80)73-58(106)35-7-6-11-79(35)61(109)34(22-83)76-57(105)33(21-82)75-59(107)44(25(2)85)77-53(101)28(8-9-38(64)88)71-56(104)32(20-81)74-60(108)45(26(3)86)78-55(103)30(15-43(93)94)72-54(102)29(14-39(65)89)70-42(92)18-68-41(91)16-67-27(4)87/h25-26,28-37,44-51,62-63,80-86,95-99H,5-24H2,1-4H3,(H2,64,88)(H2,65,89)(H,66,90)(H,67,87)(H,68,91)(H,69,100)(H,70,92)(H,71,104)(H,72,102)(H,73,106)(H,74,108)(H,75,107)(H,76,105)(H,77,101)(H,78,103)(H,93,94)(H,110,111)/t25-,26-,28+,29+,30+,31+,32+,33+,34+,35+,36-,37-,44+,45+,46-,47-,48+,49+,50+,51+,62-,63+/m1/s1. The normalized spacial score (nSPS) is 23.6. The molecule has 0 aromatic carbocycles. The minimum Gasteiger partial charge on any atom is -0.481 e. The molecule has 55 heteroatoms. The third kappa shape index (κ3) is 33.3. The highest BCUT2D eigenvalue weighted by Gasteiger charge is 2.52. The van der Waals surface area contributed by atoms with E-state index in [1.807, 2.05) is 31.9 Å². The van der Waals surface area contributed by atoms with Crippen LogP contribution < -0.4 is 80.6 Å². The molecule has 0 spiro atoms. The first kappa shape index (κ1) is 103. The fourth-order valence-corrected chi connectivity index (χ4v) is 11.8. The van der Waals surface area contributed by atoms with E-state index >= 15 is 0 Å². The van der Waals surface area contributed by atoms with E-state index in [2.05, 4.69) is 37.2 Å². The predicted molar refractivity (Wildman–Crippen MR) is 383 cm³/mol. The van der Waals surface area contributed by atoms with Crippen molar-refractivity contribution in [1.29, 1.82) is 0 Å². The largest absolute Gasteiger partial charge is 0.481 e. The summed E-state index contributed by atoms with van der Waals surface area (Å²) in [4.78, 5) is 231. The maximum absolute atomic E-state index is 13.9. The van der Waals surface area contributed by atoms with Crippen LogP contribution in [-0.2, 0) is 114 Å². The fraction of sp³-hybridized carbons (Fsp3) is 0.730. The van der Waals surface area contributed by atoms with Crippen LogP contribution in [0, 0.1) is 0 Å². The van der Waals surface area contributed by atoms with Crippen LogP contribution in [0.4, 0.5) is 0 Å². The van der Waals surface area contributed by atoms with Crippen LogP contribution in [0.1, 0.15) is 72.6 Å². The monoisotopic (exact) mass is 1720 g/mol. The first-order chi connectivity index (χ1) is 55.4. The van der Waals surface area contributed by atoms with Crippen LogP contribution in [0.25, 0.3) is 0 Å². The number of rotatable bonds is 51. The maximum Gasteiger partial charge on any atom is 0.472 e. The molecule has 0 bridgehead atoms. The number of ether oxygens (including phenoxy) is 4. The molecule has 3 heterocycles. The number of primary amides is 2. The summed E-state index contributed by atoms with van der Waals surface area (Å²) in [5, 5.41) is 161. The first-order valence-corrected chi connectivity index (χ1v) is 37.8. The molecule has 1 unspecified atom stereocenters. The Morgan fingerprint density at radius 1 is 0.517 bits per heavy atom. The Kier molecular flexibility index (Phi) is 43.8. The molecule has 3 rings (SSSR count). The number of aliphatic hydroxyl groups is 12. The molecule has 31 N–H and O–H groups in total. The second-order valence-electron chi connectivity index (χ2n) is 26.7. The molecule has 3 fully saturated rings. The summed E-state index contributed by atoms with van der Waals surface area (Å²) in [6.45, 7) is -5.86. The van der Waals surface area contributed by atoms with Crippen molar-refractivity contribution in [3.63, 3.8) is 0 Å². The summed E-state index contributed by atoms with van der Waals surface area (Å²) in [6, 6.07) is -20.0. The highest BCUT2D eigenvalue weighted by atomic mass is 31.2. The average Bonchev–Trinajstić information content (AvgIpc) is 1.70. The zero-order valence-electron chi connectivity index (χ0n) is 64.0. The molecular formula is C63H105N16O38P. The molecule has 0 aliphatic carbocycles. The van der Waals surface area contributed by atoms with Crippen molar-refractivity contribution in [2.45, 2.75) is 207 Å². The number of aliphatic hydroxyl groups excluding tert-OH is 12. The van der Waals surface area contributed by atoms with Crippen molar-refractivity contribution in [2.24, 2.45) is 11.5 Å². The summed E-state index contributed by atoms with van der Waals surface area (Å²) in [5.74, 6) is -21.4. The summed E-state index contributed by atoms with van der Waals surface area (Å²) in [7, 11) is -5.10. The predicted octanol–water partition coefficient (Wildman–Crippen LogP) is -18.6. The highest BCUT2D eigenvalue weighted by Crippen LogP contribution is 2.44. The van der Waals surface area contributed by atoms with Crippen LogP contribution in [0.5, 0.6) is 0 Å². The molecule has 0 radical (unpaired) electrons. The Morgan fingerprint density at radius 2 is 1.00 bits per heavy atom. The van der Waals surface area contributed by atoms with E-state index in [0.29, 0.717) is 6.42 Å². The fourth-order valence-electron chi connectivity index (χ4n) is 11.0. The van der Waals surface area contributed by atoms with Crippen molar-refractivity contribution in [3.8, 4) is 0 Å². The van der Waals surface area contributed by atoms with Crippen LogP contribution in [-0.4, -0.2) is 396 Å². The maximum atomic E-state index is 13.9. The van der Waals surface area contributed by atoms with E-state index < -0.39 is 340 Å². The summed E-state index contributed by atoms with van der Waals surface area (Å²) in [6.07, 6.45) is -24.9. The zero-order chi connectivity index (χ0) is 89.2. The van der Waals surface area contributed by atoms with Crippen LogP contribution in [0.15, 0.2) is 0 Å². The molecule has 23 atom stereocenters. The van der Waals surface area contributed by atoms with Gasteiger partial charge in [-0.05, 0) is 39.5 Å². The molecule has 3 saturated heterocycles. The van der Waals surface area contributed by atoms with Gasteiger partial charge in [-0.2, -0.15) is 0 Å². The smallest absolute Gasteiger partial charge is 0.472 e. The second-order valence-corrected chi connectivity index (χ2v) is 28.1. The van der Waals surface area contributed by atoms with Crippen molar-refractivity contribution in [1.82, 2.24) is 74.0 Å². The lowest BCUT2D eigenvalue weighted by molar-refractivity contribution is -0.367. The van der Waals surface area contributed by atoms with Crippen molar-refractivity contribution >= 4 is 108 Å². The number of nitrogens with two attached hydrogens (primary N) is 2. The Hall–Kier alpha value is -9.54. The summed E-state index contributed by atoms with van der Waals surface area (Å²) in [5.41, 5.74) is 10.5. The number of carbonyl (C=O) groups excluding carboxylic acids is 16. The lowest BCUT2D eigenvalue weighted by atomic mass is 9.97. The minimum atomic E-state index is -5.10. The highest BCUT2D eigenvalue weighted by molar-refractivity contribution is 7.47. The van der Waals surface area contributed by atoms with Gasteiger partial charge in [-0.3, -0.25) is 90.6 Å². The number of hydrogen-bond acceptors (Lipinski definition) is 36. The van der Waals surface area contributed by atoms with E-state index in [1.165, 1.54) is 0 Å². The molecule has 0 aromatic rings. The lowest BCUT2D eigenvalue weighted by Crippen LogP contribution is -2.64. The number of carboxylic acids is 1. The van der Waals surface area contributed by atoms with Gasteiger partial charge in [0.2, 0.25) is 94.5 Å². The Labute approximate surface area is 669 Å². The molecule has 670 valence electrons. The number of nitrogens with one attached hydrogen (secondary N) is 13. The van der Waals surface area contributed by atoms with Crippen molar-refractivity contribution in [3.05, 3.63) is 0 Å². The summed E-state index contributed by atoms with van der Waals surface area (Å²) >= 11 is 0. The van der Waals surface area contributed by atoms with Crippen LogP contribution >= 0.6 is 7.82 Å². The van der Waals surface area contributed by atoms with Gasteiger partial charge in [0, 0.05) is 33.0 Å². The average molecular weight is 1730 g/mol.